The summed E-state index contributed by atoms with van der Waals surface area (Å²) < 4.78 is 6.06. The van der Waals surface area contributed by atoms with Crippen molar-refractivity contribution in [2.45, 2.75) is 33.0 Å². The minimum absolute atomic E-state index is 0.298. The van der Waals surface area contributed by atoms with E-state index in [1.54, 1.807) is 0 Å². The van der Waals surface area contributed by atoms with Gasteiger partial charge in [0.1, 0.15) is 12.4 Å². The zero-order valence-electron chi connectivity index (χ0n) is 14.9. The van der Waals surface area contributed by atoms with Crippen LogP contribution in [-0.2, 0) is 13.2 Å². The second-order valence-electron chi connectivity index (χ2n) is 6.40. The largest absolute Gasteiger partial charge is 0.489 e. The van der Waals surface area contributed by atoms with E-state index in [0.29, 0.717) is 12.6 Å². The molecule has 0 heterocycles. The highest BCUT2D eigenvalue weighted by Crippen LogP contribution is 2.21. The van der Waals surface area contributed by atoms with Crippen LogP contribution in [0.1, 0.15) is 35.2 Å². The molecule has 128 valence electrons. The minimum atomic E-state index is 0.298. The first-order chi connectivity index (χ1) is 12.2. The van der Waals surface area contributed by atoms with Crippen molar-refractivity contribution in [1.82, 2.24) is 5.32 Å². The Morgan fingerprint density at radius 3 is 2.28 bits per heavy atom. The van der Waals surface area contributed by atoms with E-state index in [9.17, 15) is 0 Å². The average Bonchev–Trinajstić information content (AvgIpc) is 2.67. The standard InChI is InChI=1S/C23H25NO/c1-18-12-14-20(15-13-18)17-25-23-11-7-6-10-22(23)16-24-19(2)21-8-4-3-5-9-21/h3-15,19,24H,16-17H2,1-2H3. The lowest BCUT2D eigenvalue weighted by Gasteiger charge is -2.16. The van der Waals surface area contributed by atoms with Crippen molar-refractivity contribution in [2.24, 2.45) is 0 Å². The van der Waals surface area contributed by atoms with E-state index in [-0.39, 0.29) is 0 Å². The van der Waals surface area contributed by atoms with Gasteiger partial charge < -0.3 is 10.1 Å². The number of para-hydroxylation sites is 1. The van der Waals surface area contributed by atoms with E-state index in [2.05, 4.69) is 79.8 Å². The lowest BCUT2D eigenvalue weighted by atomic mass is 10.1. The molecule has 0 radical (unpaired) electrons. The van der Waals surface area contributed by atoms with Crippen molar-refractivity contribution in [3.8, 4) is 5.75 Å². The van der Waals surface area contributed by atoms with Crippen molar-refractivity contribution in [3.63, 3.8) is 0 Å². The monoisotopic (exact) mass is 331 g/mol. The SMILES string of the molecule is Cc1ccc(COc2ccccc2CNC(C)c2ccccc2)cc1. The Morgan fingerprint density at radius 1 is 0.840 bits per heavy atom. The van der Waals surface area contributed by atoms with Crippen molar-refractivity contribution >= 4 is 0 Å². The van der Waals surface area contributed by atoms with Crippen LogP contribution in [0.2, 0.25) is 0 Å². The van der Waals surface area contributed by atoms with E-state index in [4.69, 9.17) is 4.74 Å². The zero-order valence-corrected chi connectivity index (χ0v) is 14.9. The van der Waals surface area contributed by atoms with Crippen LogP contribution in [-0.4, -0.2) is 0 Å². The highest BCUT2D eigenvalue weighted by molar-refractivity contribution is 5.34. The second-order valence-corrected chi connectivity index (χ2v) is 6.40. The number of hydrogen-bond acceptors (Lipinski definition) is 2. The highest BCUT2D eigenvalue weighted by atomic mass is 16.5. The molecule has 0 bridgehead atoms. The van der Waals surface area contributed by atoms with Gasteiger partial charge in [0.2, 0.25) is 0 Å². The Labute approximate surface area is 150 Å². The van der Waals surface area contributed by atoms with Crippen molar-refractivity contribution < 1.29 is 4.74 Å². The first kappa shape index (κ1) is 17.2. The molecule has 2 nitrogen and oxygen atoms in total. The van der Waals surface area contributed by atoms with Crippen LogP contribution in [0.25, 0.3) is 0 Å². The topological polar surface area (TPSA) is 21.3 Å². The van der Waals surface area contributed by atoms with Gasteiger partial charge in [-0.25, -0.2) is 0 Å². The van der Waals surface area contributed by atoms with Gasteiger partial charge in [-0.3, -0.25) is 0 Å². The normalized spacial score (nSPS) is 11.9. The molecule has 1 atom stereocenters. The van der Waals surface area contributed by atoms with E-state index < -0.39 is 0 Å². The van der Waals surface area contributed by atoms with E-state index in [0.717, 1.165) is 12.3 Å². The van der Waals surface area contributed by atoms with Gasteiger partial charge in [0, 0.05) is 18.2 Å². The number of nitrogens with one attached hydrogen (secondary N) is 1. The molecule has 0 aliphatic carbocycles. The summed E-state index contributed by atoms with van der Waals surface area (Å²) in [5, 5.41) is 3.58. The summed E-state index contributed by atoms with van der Waals surface area (Å²) in [6, 6.07) is 27.5. The molecule has 0 spiro atoms. The van der Waals surface area contributed by atoms with Crippen LogP contribution in [0.15, 0.2) is 78.9 Å². The van der Waals surface area contributed by atoms with Crippen LogP contribution in [0.5, 0.6) is 5.75 Å². The quantitative estimate of drug-likeness (QED) is 0.624. The maximum Gasteiger partial charge on any atom is 0.124 e. The molecule has 0 aromatic heterocycles. The van der Waals surface area contributed by atoms with Gasteiger partial charge in [-0.05, 0) is 31.0 Å². The fourth-order valence-electron chi connectivity index (χ4n) is 2.76. The van der Waals surface area contributed by atoms with E-state index in [1.165, 1.54) is 22.3 Å². The molecule has 3 rings (SSSR count). The number of benzene rings is 3. The molecule has 2 heteroatoms. The maximum atomic E-state index is 6.06. The summed E-state index contributed by atoms with van der Waals surface area (Å²) in [7, 11) is 0. The Bertz CT molecular complexity index is 781. The lowest BCUT2D eigenvalue weighted by molar-refractivity contribution is 0.301. The Hall–Kier alpha value is -2.58. The first-order valence-corrected chi connectivity index (χ1v) is 8.77. The first-order valence-electron chi connectivity index (χ1n) is 8.77. The van der Waals surface area contributed by atoms with Gasteiger partial charge in [-0.15, -0.1) is 0 Å². The summed E-state index contributed by atoms with van der Waals surface area (Å²) >= 11 is 0. The minimum Gasteiger partial charge on any atom is -0.489 e. The molecule has 3 aromatic rings. The van der Waals surface area contributed by atoms with Gasteiger partial charge in [0.05, 0.1) is 0 Å². The molecular formula is C23H25NO. The maximum absolute atomic E-state index is 6.06. The molecule has 1 N–H and O–H groups in total. The summed E-state index contributed by atoms with van der Waals surface area (Å²) in [5.41, 5.74) is 4.92. The van der Waals surface area contributed by atoms with Gasteiger partial charge in [-0.1, -0.05) is 78.4 Å². The average molecular weight is 331 g/mol. The van der Waals surface area contributed by atoms with Crippen molar-refractivity contribution in [2.75, 3.05) is 0 Å². The van der Waals surface area contributed by atoms with Crippen LogP contribution in [0, 0.1) is 6.92 Å². The van der Waals surface area contributed by atoms with Gasteiger partial charge in [0.25, 0.3) is 0 Å². The number of ether oxygens (including phenoxy) is 1. The second kappa shape index (κ2) is 8.50. The summed E-state index contributed by atoms with van der Waals surface area (Å²) in [4.78, 5) is 0. The van der Waals surface area contributed by atoms with Crippen LogP contribution >= 0.6 is 0 Å². The van der Waals surface area contributed by atoms with Crippen LogP contribution < -0.4 is 10.1 Å². The zero-order chi connectivity index (χ0) is 17.5. The lowest BCUT2D eigenvalue weighted by Crippen LogP contribution is -2.18. The Morgan fingerprint density at radius 2 is 1.52 bits per heavy atom. The fourth-order valence-corrected chi connectivity index (χ4v) is 2.76. The Balaban J connectivity index is 1.61. The smallest absolute Gasteiger partial charge is 0.124 e. The predicted octanol–water partition coefficient (Wildman–Crippen LogP) is 5.42. The third-order valence-electron chi connectivity index (χ3n) is 4.39. The number of rotatable bonds is 7. The van der Waals surface area contributed by atoms with Gasteiger partial charge >= 0.3 is 0 Å². The van der Waals surface area contributed by atoms with Crippen LogP contribution in [0.3, 0.4) is 0 Å². The Kier molecular flexibility index (Phi) is 5.86. The number of aryl methyl sites for hydroxylation is 1. The molecule has 0 saturated carbocycles. The molecule has 0 aliphatic heterocycles. The molecule has 0 amide bonds. The molecule has 1 unspecified atom stereocenters. The van der Waals surface area contributed by atoms with Gasteiger partial charge in [-0.2, -0.15) is 0 Å². The van der Waals surface area contributed by atoms with E-state index in [1.807, 2.05) is 18.2 Å². The third-order valence-corrected chi connectivity index (χ3v) is 4.39. The fraction of sp³-hybridized carbons (Fsp3) is 0.217. The predicted molar refractivity (Wildman–Crippen MR) is 104 cm³/mol. The van der Waals surface area contributed by atoms with E-state index >= 15 is 0 Å². The number of hydrogen-bond donors (Lipinski definition) is 1. The third kappa shape index (κ3) is 4.94. The van der Waals surface area contributed by atoms with Gasteiger partial charge in [0.15, 0.2) is 0 Å². The summed E-state index contributed by atoms with van der Waals surface area (Å²) in [6.45, 7) is 5.65. The highest BCUT2D eigenvalue weighted by Gasteiger charge is 2.07. The molecular weight excluding hydrogens is 306 g/mol. The van der Waals surface area contributed by atoms with Crippen molar-refractivity contribution in [1.29, 1.82) is 0 Å². The molecule has 0 aliphatic rings. The molecule has 0 saturated heterocycles. The van der Waals surface area contributed by atoms with Crippen LogP contribution in [0.4, 0.5) is 0 Å². The molecule has 25 heavy (non-hydrogen) atoms. The molecule has 0 fully saturated rings. The van der Waals surface area contributed by atoms with Crippen molar-refractivity contribution in [3.05, 3.63) is 101 Å². The summed E-state index contributed by atoms with van der Waals surface area (Å²) in [6.07, 6.45) is 0. The summed E-state index contributed by atoms with van der Waals surface area (Å²) in [5.74, 6) is 0.941. The molecule has 3 aromatic carbocycles.